The highest BCUT2D eigenvalue weighted by molar-refractivity contribution is 9.10. The number of furan rings is 1. The van der Waals surface area contributed by atoms with Gasteiger partial charge in [0.25, 0.3) is 0 Å². The first kappa shape index (κ1) is 11.9. The summed E-state index contributed by atoms with van der Waals surface area (Å²) in [5, 5.41) is 10.1. The Bertz CT molecular complexity index is 505. The molecule has 0 aliphatic rings. The quantitative estimate of drug-likeness (QED) is 0.885. The Kier molecular flexibility index (Phi) is 3.52. The van der Waals surface area contributed by atoms with Crippen molar-refractivity contribution in [3.05, 3.63) is 56.4 Å². The molecule has 4 heteroatoms. The van der Waals surface area contributed by atoms with E-state index in [1.807, 2.05) is 25.1 Å². The molecule has 1 N–H and O–H groups in total. The Hall–Kier alpha value is -0.580. The van der Waals surface area contributed by atoms with Gasteiger partial charge in [0.15, 0.2) is 5.76 Å². The van der Waals surface area contributed by atoms with E-state index >= 15 is 0 Å². The fraction of sp³-hybridized carbons (Fsp3) is 0.167. The third-order valence-electron chi connectivity index (χ3n) is 2.40. The number of aliphatic hydroxyl groups is 1. The van der Waals surface area contributed by atoms with E-state index in [-0.39, 0.29) is 0 Å². The molecule has 0 saturated heterocycles. The zero-order valence-electron chi connectivity index (χ0n) is 8.58. The number of hydrogen-bond acceptors (Lipinski definition) is 2. The first-order valence-electron chi connectivity index (χ1n) is 4.76. The maximum Gasteiger partial charge on any atom is 0.150 e. The van der Waals surface area contributed by atoms with Gasteiger partial charge in [0.1, 0.15) is 6.10 Å². The third-order valence-corrected chi connectivity index (χ3v) is 3.91. The van der Waals surface area contributed by atoms with Crippen molar-refractivity contribution in [2.75, 3.05) is 0 Å². The summed E-state index contributed by atoms with van der Waals surface area (Å²) in [6.45, 7) is 2.00. The van der Waals surface area contributed by atoms with Gasteiger partial charge < -0.3 is 9.52 Å². The van der Waals surface area contributed by atoms with Crippen LogP contribution in [0.25, 0.3) is 0 Å². The lowest BCUT2D eigenvalue weighted by Crippen LogP contribution is -1.99. The van der Waals surface area contributed by atoms with Crippen LogP contribution in [0, 0.1) is 6.92 Å². The molecule has 1 heterocycles. The minimum Gasteiger partial charge on any atom is -0.465 e. The molecule has 2 nitrogen and oxygen atoms in total. The summed E-state index contributed by atoms with van der Waals surface area (Å²) in [6.07, 6.45) is 0.799. The zero-order valence-corrected chi connectivity index (χ0v) is 11.7. The summed E-state index contributed by atoms with van der Waals surface area (Å²) >= 11 is 6.77. The highest BCUT2D eigenvalue weighted by Crippen LogP contribution is 2.31. The zero-order chi connectivity index (χ0) is 11.7. The van der Waals surface area contributed by atoms with Crippen LogP contribution in [0.3, 0.4) is 0 Å². The molecule has 1 aromatic carbocycles. The van der Waals surface area contributed by atoms with Gasteiger partial charge in [0.05, 0.1) is 10.7 Å². The molecule has 1 aromatic heterocycles. The van der Waals surface area contributed by atoms with Gasteiger partial charge in [-0.1, -0.05) is 28.1 Å². The van der Waals surface area contributed by atoms with Crippen molar-refractivity contribution in [1.82, 2.24) is 0 Å². The summed E-state index contributed by atoms with van der Waals surface area (Å²) in [4.78, 5) is 0. The maximum absolute atomic E-state index is 10.1. The Labute approximate surface area is 111 Å². The van der Waals surface area contributed by atoms with E-state index in [4.69, 9.17) is 4.42 Å². The predicted octanol–water partition coefficient (Wildman–Crippen LogP) is 4.19. The molecule has 2 aromatic rings. The minimum atomic E-state index is -0.749. The van der Waals surface area contributed by atoms with Crippen molar-refractivity contribution in [3.8, 4) is 0 Å². The number of aliphatic hydroxyl groups excluding tert-OH is 1. The fourth-order valence-corrected chi connectivity index (χ4v) is 2.25. The molecule has 0 fully saturated rings. The molecule has 1 unspecified atom stereocenters. The standard InChI is InChI=1S/C12H10Br2O2/c1-7-2-3-8(6-10(7)14)11(15)12-9(13)4-5-16-12/h2-6,11,15H,1H3. The van der Waals surface area contributed by atoms with Crippen LogP contribution >= 0.6 is 31.9 Å². The van der Waals surface area contributed by atoms with E-state index in [9.17, 15) is 5.11 Å². The topological polar surface area (TPSA) is 33.4 Å². The molecule has 2 rings (SSSR count). The van der Waals surface area contributed by atoms with E-state index in [1.54, 1.807) is 12.3 Å². The predicted molar refractivity (Wildman–Crippen MR) is 69.3 cm³/mol. The van der Waals surface area contributed by atoms with Crippen molar-refractivity contribution >= 4 is 31.9 Å². The number of benzene rings is 1. The number of hydrogen-bond donors (Lipinski definition) is 1. The van der Waals surface area contributed by atoms with Crippen LogP contribution in [-0.2, 0) is 0 Å². The van der Waals surface area contributed by atoms with Crippen molar-refractivity contribution < 1.29 is 9.52 Å². The monoisotopic (exact) mass is 344 g/mol. The van der Waals surface area contributed by atoms with Crippen LogP contribution in [0.2, 0.25) is 0 Å². The van der Waals surface area contributed by atoms with Crippen molar-refractivity contribution in [3.63, 3.8) is 0 Å². The van der Waals surface area contributed by atoms with E-state index < -0.39 is 6.10 Å². The number of aryl methyl sites for hydroxylation is 1. The minimum absolute atomic E-state index is 0.524. The van der Waals surface area contributed by atoms with Gasteiger partial charge >= 0.3 is 0 Å². The van der Waals surface area contributed by atoms with Gasteiger partial charge in [-0.15, -0.1) is 0 Å². The maximum atomic E-state index is 10.1. The van der Waals surface area contributed by atoms with Crippen LogP contribution in [0.5, 0.6) is 0 Å². The van der Waals surface area contributed by atoms with Gasteiger partial charge in [0.2, 0.25) is 0 Å². The molecule has 0 spiro atoms. The number of halogens is 2. The van der Waals surface area contributed by atoms with Crippen LogP contribution in [0.1, 0.15) is 23.0 Å². The average molecular weight is 346 g/mol. The van der Waals surface area contributed by atoms with Crippen molar-refractivity contribution in [2.45, 2.75) is 13.0 Å². The third kappa shape index (κ3) is 2.24. The second-order valence-electron chi connectivity index (χ2n) is 3.54. The molecule has 0 amide bonds. The van der Waals surface area contributed by atoms with Crippen LogP contribution in [0.15, 0.2) is 43.9 Å². The molecule has 16 heavy (non-hydrogen) atoms. The fourth-order valence-electron chi connectivity index (χ4n) is 1.43. The molecule has 0 aliphatic carbocycles. The van der Waals surface area contributed by atoms with E-state index in [0.717, 1.165) is 20.1 Å². The Morgan fingerprint density at radius 3 is 2.50 bits per heavy atom. The summed E-state index contributed by atoms with van der Waals surface area (Å²) in [5.74, 6) is 0.524. The van der Waals surface area contributed by atoms with Gasteiger partial charge in [-0.05, 0) is 46.1 Å². The molecule has 0 bridgehead atoms. The van der Waals surface area contributed by atoms with Crippen LogP contribution in [0.4, 0.5) is 0 Å². The van der Waals surface area contributed by atoms with Crippen molar-refractivity contribution in [2.24, 2.45) is 0 Å². The van der Waals surface area contributed by atoms with Crippen LogP contribution < -0.4 is 0 Å². The largest absolute Gasteiger partial charge is 0.465 e. The van der Waals surface area contributed by atoms with Crippen LogP contribution in [-0.4, -0.2) is 5.11 Å². The van der Waals surface area contributed by atoms with Crippen molar-refractivity contribution in [1.29, 1.82) is 0 Å². The molecular formula is C12H10Br2O2. The Morgan fingerprint density at radius 2 is 1.94 bits per heavy atom. The van der Waals surface area contributed by atoms with Gasteiger partial charge in [-0.3, -0.25) is 0 Å². The molecule has 0 radical (unpaired) electrons. The van der Waals surface area contributed by atoms with E-state index in [2.05, 4.69) is 31.9 Å². The molecule has 0 aliphatic heterocycles. The SMILES string of the molecule is Cc1ccc(C(O)c2occc2Br)cc1Br. The first-order valence-corrected chi connectivity index (χ1v) is 6.35. The van der Waals surface area contributed by atoms with Gasteiger partial charge in [-0.2, -0.15) is 0 Å². The number of rotatable bonds is 2. The lowest BCUT2D eigenvalue weighted by Gasteiger charge is -2.10. The highest BCUT2D eigenvalue weighted by Gasteiger charge is 2.17. The van der Waals surface area contributed by atoms with Gasteiger partial charge in [-0.25, -0.2) is 0 Å². The highest BCUT2D eigenvalue weighted by atomic mass is 79.9. The molecule has 84 valence electrons. The summed E-state index contributed by atoms with van der Waals surface area (Å²) in [6, 6.07) is 7.51. The lowest BCUT2D eigenvalue weighted by molar-refractivity contribution is 0.188. The second kappa shape index (κ2) is 4.73. The second-order valence-corrected chi connectivity index (χ2v) is 5.25. The van der Waals surface area contributed by atoms with E-state index in [1.165, 1.54) is 0 Å². The first-order chi connectivity index (χ1) is 7.59. The molecule has 0 saturated carbocycles. The Morgan fingerprint density at radius 1 is 1.19 bits per heavy atom. The van der Waals surface area contributed by atoms with E-state index in [0.29, 0.717) is 5.76 Å². The lowest BCUT2D eigenvalue weighted by atomic mass is 10.1. The summed E-state index contributed by atoms with van der Waals surface area (Å²) in [5.41, 5.74) is 1.93. The molecule has 1 atom stereocenters. The summed E-state index contributed by atoms with van der Waals surface area (Å²) < 4.78 is 6.99. The Balaban J connectivity index is 2.38. The normalized spacial score (nSPS) is 12.8. The average Bonchev–Trinajstić information content (AvgIpc) is 2.67. The smallest absolute Gasteiger partial charge is 0.150 e. The van der Waals surface area contributed by atoms with Gasteiger partial charge in [0, 0.05) is 4.47 Å². The molecular weight excluding hydrogens is 336 g/mol. The summed E-state index contributed by atoms with van der Waals surface area (Å²) in [7, 11) is 0.